The SMILES string of the molecule is CC(C)N1CCN(Cc2nc(-c3cc(C(C)(C)C)c(O)c(C(C)(C)C)c3)cs2)CC1.Cl. The zero-order valence-corrected chi connectivity index (χ0v) is 22.1. The number of piperazine rings is 1. The summed E-state index contributed by atoms with van der Waals surface area (Å²) in [6.45, 7) is 22.9. The molecule has 1 aromatic carbocycles. The number of aromatic nitrogens is 1. The first-order valence-electron chi connectivity index (χ1n) is 11.2. The van der Waals surface area contributed by atoms with Gasteiger partial charge in [0.15, 0.2) is 0 Å². The molecule has 0 saturated carbocycles. The first-order chi connectivity index (χ1) is 13.9. The summed E-state index contributed by atoms with van der Waals surface area (Å²) in [5.74, 6) is 0.428. The second-order valence-corrected chi connectivity index (χ2v) is 11.9. The highest BCUT2D eigenvalue weighted by Crippen LogP contribution is 2.42. The summed E-state index contributed by atoms with van der Waals surface area (Å²) in [5, 5.41) is 14.3. The van der Waals surface area contributed by atoms with Gasteiger partial charge in [-0.15, -0.1) is 23.7 Å². The van der Waals surface area contributed by atoms with Gasteiger partial charge in [0, 0.05) is 54.3 Å². The summed E-state index contributed by atoms with van der Waals surface area (Å²) < 4.78 is 0. The lowest BCUT2D eigenvalue weighted by Crippen LogP contribution is -2.48. The number of rotatable bonds is 4. The molecular weight excluding hydrogens is 426 g/mol. The number of aromatic hydroxyl groups is 1. The van der Waals surface area contributed by atoms with E-state index in [1.165, 1.54) is 5.01 Å². The molecule has 1 fully saturated rings. The van der Waals surface area contributed by atoms with Crippen LogP contribution in [0.3, 0.4) is 0 Å². The molecule has 0 bridgehead atoms. The van der Waals surface area contributed by atoms with E-state index in [0.29, 0.717) is 11.8 Å². The molecule has 0 unspecified atom stereocenters. The number of phenols is 1. The molecule has 31 heavy (non-hydrogen) atoms. The summed E-state index contributed by atoms with van der Waals surface area (Å²) in [6, 6.07) is 4.89. The standard InChI is InChI=1S/C25H39N3OS.ClH/c1-17(2)28-11-9-27(10-12-28)15-22-26-21(16-30-22)18-13-19(24(3,4)5)23(29)20(14-18)25(6,7)8;/h13-14,16-17,29H,9-12,15H2,1-8H3;1H. The van der Waals surface area contributed by atoms with Crippen molar-refractivity contribution in [3.8, 4) is 17.0 Å². The fraction of sp³-hybridized carbons (Fsp3) is 0.640. The first kappa shape index (κ1) is 26.1. The highest BCUT2D eigenvalue weighted by molar-refractivity contribution is 7.09. The molecule has 1 N–H and O–H groups in total. The van der Waals surface area contributed by atoms with Crippen molar-refractivity contribution in [3.05, 3.63) is 33.6 Å². The molecule has 3 rings (SSSR count). The minimum atomic E-state index is -0.130. The second-order valence-electron chi connectivity index (χ2n) is 11.0. The van der Waals surface area contributed by atoms with Gasteiger partial charge in [0.1, 0.15) is 10.8 Å². The van der Waals surface area contributed by atoms with Crippen LogP contribution in [0, 0.1) is 0 Å². The lowest BCUT2D eigenvalue weighted by atomic mass is 9.78. The summed E-state index contributed by atoms with van der Waals surface area (Å²) in [5.41, 5.74) is 3.85. The molecular formula is C25H40ClN3OS. The average molecular weight is 466 g/mol. The normalized spacial score (nSPS) is 16.5. The molecule has 1 aliphatic rings. The van der Waals surface area contributed by atoms with Crippen LogP contribution in [0.4, 0.5) is 0 Å². The Morgan fingerprint density at radius 1 is 0.968 bits per heavy atom. The maximum absolute atomic E-state index is 11.0. The molecule has 0 radical (unpaired) electrons. The van der Waals surface area contributed by atoms with Crippen LogP contribution in [-0.4, -0.2) is 52.1 Å². The van der Waals surface area contributed by atoms with Crippen LogP contribution in [0.5, 0.6) is 5.75 Å². The van der Waals surface area contributed by atoms with Gasteiger partial charge in [0.25, 0.3) is 0 Å². The van der Waals surface area contributed by atoms with Gasteiger partial charge in [-0.05, 0) is 36.8 Å². The molecule has 1 aliphatic heterocycles. The van der Waals surface area contributed by atoms with Gasteiger partial charge in [0.2, 0.25) is 0 Å². The molecule has 174 valence electrons. The summed E-state index contributed by atoms with van der Waals surface area (Å²) in [4.78, 5) is 10.0. The Balaban J connectivity index is 0.00000341. The second kappa shape index (κ2) is 9.78. The van der Waals surface area contributed by atoms with E-state index in [-0.39, 0.29) is 23.2 Å². The van der Waals surface area contributed by atoms with E-state index >= 15 is 0 Å². The van der Waals surface area contributed by atoms with Crippen LogP contribution in [0.1, 0.15) is 71.5 Å². The molecule has 0 atom stereocenters. The minimum Gasteiger partial charge on any atom is -0.507 e. The van der Waals surface area contributed by atoms with Crippen LogP contribution in [0.2, 0.25) is 0 Å². The van der Waals surface area contributed by atoms with Gasteiger partial charge >= 0.3 is 0 Å². The smallest absolute Gasteiger partial charge is 0.123 e. The van der Waals surface area contributed by atoms with Crippen molar-refractivity contribution in [2.24, 2.45) is 0 Å². The van der Waals surface area contributed by atoms with Crippen molar-refractivity contribution < 1.29 is 5.11 Å². The zero-order chi connectivity index (χ0) is 22.3. The molecule has 2 aromatic rings. The maximum atomic E-state index is 11.0. The number of halogens is 1. The Morgan fingerprint density at radius 3 is 1.94 bits per heavy atom. The quantitative estimate of drug-likeness (QED) is 0.595. The van der Waals surface area contributed by atoms with Gasteiger partial charge in [-0.1, -0.05) is 41.5 Å². The highest BCUT2D eigenvalue weighted by atomic mass is 35.5. The van der Waals surface area contributed by atoms with Crippen LogP contribution < -0.4 is 0 Å². The Morgan fingerprint density at radius 2 is 1.48 bits per heavy atom. The number of hydrogen-bond donors (Lipinski definition) is 1. The van der Waals surface area contributed by atoms with Crippen LogP contribution in [-0.2, 0) is 17.4 Å². The van der Waals surface area contributed by atoms with E-state index < -0.39 is 0 Å². The van der Waals surface area contributed by atoms with E-state index in [1.54, 1.807) is 11.3 Å². The number of thiazole rings is 1. The molecule has 1 aromatic heterocycles. The van der Waals surface area contributed by atoms with Gasteiger partial charge in [-0.3, -0.25) is 9.80 Å². The van der Waals surface area contributed by atoms with Crippen molar-refractivity contribution in [1.82, 2.24) is 14.8 Å². The molecule has 0 aliphatic carbocycles. The molecule has 0 amide bonds. The van der Waals surface area contributed by atoms with Gasteiger partial charge in [0.05, 0.1) is 12.2 Å². The third kappa shape index (κ3) is 6.22. The monoisotopic (exact) mass is 465 g/mol. The number of phenolic OH excluding ortho intramolecular Hbond substituents is 1. The zero-order valence-electron chi connectivity index (χ0n) is 20.5. The van der Waals surface area contributed by atoms with E-state index in [2.05, 4.69) is 82.7 Å². The number of benzene rings is 1. The molecule has 4 nitrogen and oxygen atoms in total. The highest BCUT2D eigenvalue weighted by Gasteiger charge is 2.27. The Kier molecular flexibility index (Phi) is 8.24. The minimum absolute atomic E-state index is 0. The van der Waals surface area contributed by atoms with Crippen LogP contribution in [0.25, 0.3) is 11.3 Å². The predicted molar refractivity (Wildman–Crippen MR) is 136 cm³/mol. The Labute approximate surface area is 199 Å². The van der Waals surface area contributed by atoms with Crippen LogP contribution >= 0.6 is 23.7 Å². The van der Waals surface area contributed by atoms with Gasteiger partial charge in [-0.25, -0.2) is 4.98 Å². The first-order valence-corrected chi connectivity index (χ1v) is 12.0. The summed E-state index contributed by atoms with van der Waals surface area (Å²) >= 11 is 1.75. The van der Waals surface area contributed by atoms with Gasteiger partial charge < -0.3 is 5.11 Å². The van der Waals surface area contributed by atoms with Crippen molar-refractivity contribution in [1.29, 1.82) is 0 Å². The molecule has 1 saturated heterocycles. The van der Waals surface area contributed by atoms with Crippen molar-refractivity contribution in [2.75, 3.05) is 26.2 Å². The lowest BCUT2D eigenvalue weighted by molar-refractivity contribution is 0.104. The van der Waals surface area contributed by atoms with Gasteiger partial charge in [-0.2, -0.15) is 0 Å². The van der Waals surface area contributed by atoms with E-state index in [1.807, 2.05) is 0 Å². The fourth-order valence-electron chi connectivity index (χ4n) is 4.07. The summed E-state index contributed by atoms with van der Waals surface area (Å²) in [7, 11) is 0. The fourth-order valence-corrected chi connectivity index (χ4v) is 4.92. The number of hydrogen-bond acceptors (Lipinski definition) is 5. The third-order valence-electron chi connectivity index (χ3n) is 6.07. The number of nitrogens with zero attached hydrogens (tertiary/aromatic N) is 3. The molecule has 0 spiro atoms. The summed E-state index contributed by atoms with van der Waals surface area (Å²) in [6.07, 6.45) is 0. The van der Waals surface area contributed by atoms with Crippen molar-refractivity contribution in [3.63, 3.8) is 0 Å². The third-order valence-corrected chi connectivity index (χ3v) is 6.90. The molecule has 2 heterocycles. The topological polar surface area (TPSA) is 39.6 Å². The Bertz CT molecular complexity index is 837. The molecule has 6 heteroatoms. The largest absolute Gasteiger partial charge is 0.507 e. The van der Waals surface area contributed by atoms with E-state index in [4.69, 9.17) is 4.98 Å². The van der Waals surface area contributed by atoms with Crippen molar-refractivity contribution in [2.45, 2.75) is 78.8 Å². The van der Waals surface area contributed by atoms with E-state index in [0.717, 1.165) is 55.1 Å². The lowest BCUT2D eigenvalue weighted by Gasteiger charge is -2.36. The maximum Gasteiger partial charge on any atom is 0.123 e. The Hall–Kier alpha value is -1.14. The van der Waals surface area contributed by atoms with E-state index in [9.17, 15) is 5.11 Å². The predicted octanol–water partition coefficient (Wildman–Crippen LogP) is 6.06. The van der Waals surface area contributed by atoms with Crippen molar-refractivity contribution >= 4 is 23.7 Å². The average Bonchev–Trinajstić information content (AvgIpc) is 3.09. The van der Waals surface area contributed by atoms with Crippen LogP contribution in [0.15, 0.2) is 17.5 Å².